The maximum absolute atomic E-state index is 12.6. The van der Waals surface area contributed by atoms with Crippen LogP contribution in [0, 0.1) is 6.92 Å². The Bertz CT molecular complexity index is 1290. The van der Waals surface area contributed by atoms with Crippen LogP contribution in [0.25, 0.3) is 21.8 Å². The number of aromatic nitrogens is 1. The third kappa shape index (κ3) is 3.85. The van der Waals surface area contributed by atoms with Crippen molar-refractivity contribution in [3.8, 4) is 21.8 Å². The number of hydrogen-bond donors (Lipinski definition) is 2. The van der Waals surface area contributed by atoms with Crippen molar-refractivity contribution in [2.45, 2.75) is 13.3 Å². The van der Waals surface area contributed by atoms with E-state index in [1.54, 1.807) is 29.5 Å². The highest BCUT2D eigenvalue weighted by Crippen LogP contribution is 2.33. The quantitative estimate of drug-likeness (QED) is 0.451. The van der Waals surface area contributed by atoms with Gasteiger partial charge in [0.15, 0.2) is 0 Å². The van der Waals surface area contributed by atoms with Gasteiger partial charge in [0, 0.05) is 32.9 Å². The lowest BCUT2D eigenvalue weighted by atomic mass is 10.1. The maximum atomic E-state index is 12.6. The molecule has 0 atom stereocenters. The lowest BCUT2D eigenvalue weighted by Gasteiger charge is -2.08. The molecule has 1 aliphatic heterocycles. The number of aryl methyl sites for hydroxylation is 1. The number of nitrogens with one attached hydrogen (secondary N) is 2. The third-order valence-electron chi connectivity index (χ3n) is 5.23. The molecule has 152 valence electrons. The van der Waals surface area contributed by atoms with Crippen molar-refractivity contribution in [3.05, 3.63) is 88.8 Å². The zero-order chi connectivity index (χ0) is 21.4. The average Bonchev–Trinajstić information content (AvgIpc) is 3.36. The fourth-order valence-electron chi connectivity index (χ4n) is 3.65. The Labute approximate surface area is 183 Å². The highest BCUT2D eigenvalue weighted by molar-refractivity contribution is 7.15. The molecule has 0 fully saturated rings. The SMILES string of the molecule is Cc1sc(-c2ccccc2)nc1-c1ccc(NC(=O)c2ccc3c(c2)CC(=O)N3)cc1. The van der Waals surface area contributed by atoms with E-state index in [1.807, 2.05) is 42.5 Å². The summed E-state index contributed by atoms with van der Waals surface area (Å²) in [6.45, 7) is 2.07. The zero-order valence-corrected chi connectivity index (χ0v) is 17.6. The fraction of sp³-hybridized carbons (Fsp3) is 0.0800. The van der Waals surface area contributed by atoms with Gasteiger partial charge in [0.25, 0.3) is 5.91 Å². The molecule has 1 aromatic heterocycles. The Morgan fingerprint density at radius 3 is 2.55 bits per heavy atom. The van der Waals surface area contributed by atoms with Crippen LogP contribution in [0.3, 0.4) is 0 Å². The Kier molecular flexibility index (Phi) is 4.84. The second-order valence-electron chi connectivity index (χ2n) is 7.42. The van der Waals surface area contributed by atoms with E-state index >= 15 is 0 Å². The van der Waals surface area contributed by atoms with E-state index in [9.17, 15) is 9.59 Å². The summed E-state index contributed by atoms with van der Waals surface area (Å²) in [5.41, 5.74) is 5.94. The first-order valence-electron chi connectivity index (χ1n) is 9.94. The number of benzene rings is 3. The van der Waals surface area contributed by atoms with Crippen molar-refractivity contribution >= 4 is 34.5 Å². The standard InChI is InChI=1S/C25H19N3O2S/c1-15-23(28-25(31-15)17-5-3-2-4-6-17)16-7-10-20(11-8-16)26-24(30)18-9-12-21-19(13-18)14-22(29)27-21/h2-13H,14H2,1H3,(H,26,30)(H,27,29). The summed E-state index contributed by atoms with van der Waals surface area (Å²) in [7, 11) is 0. The molecule has 0 saturated heterocycles. The molecular formula is C25H19N3O2S. The van der Waals surface area contributed by atoms with E-state index in [0.717, 1.165) is 38.0 Å². The molecular weight excluding hydrogens is 406 g/mol. The number of amides is 2. The van der Waals surface area contributed by atoms with Gasteiger partial charge in [-0.1, -0.05) is 42.5 Å². The van der Waals surface area contributed by atoms with Gasteiger partial charge in [-0.2, -0.15) is 0 Å². The van der Waals surface area contributed by atoms with Crippen LogP contribution >= 0.6 is 11.3 Å². The molecule has 0 saturated carbocycles. The molecule has 6 heteroatoms. The van der Waals surface area contributed by atoms with Crippen molar-refractivity contribution in [1.29, 1.82) is 0 Å². The Balaban J connectivity index is 1.33. The fourth-order valence-corrected chi connectivity index (χ4v) is 4.59. The van der Waals surface area contributed by atoms with Gasteiger partial charge in [-0.05, 0) is 42.8 Å². The lowest BCUT2D eigenvalue weighted by molar-refractivity contribution is -0.115. The van der Waals surface area contributed by atoms with Gasteiger partial charge in [0.05, 0.1) is 12.1 Å². The van der Waals surface area contributed by atoms with E-state index in [1.165, 1.54) is 0 Å². The largest absolute Gasteiger partial charge is 0.326 e. The van der Waals surface area contributed by atoms with Gasteiger partial charge in [0.1, 0.15) is 5.01 Å². The number of rotatable bonds is 4. The first-order chi connectivity index (χ1) is 15.1. The van der Waals surface area contributed by atoms with Gasteiger partial charge in [-0.25, -0.2) is 4.98 Å². The second-order valence-corrected chi connectivity index (χ2v) is 8.62. The van der Waals surface area contributed by atoms with Crippen molar-refractivity contribution < 1.29 is 9.59 Å². The molecule has 2 amide bonds. The van der Waals surface area contributed by atoms with Gasteiger partial charge >= 0.3 is 0 Å². The van der Waals surface area contributed by atoms with Gasteiger partial charge in [-0.15, -0.1) is 11.3 Å². The van der Waals surface area contributed by atoms with Crippen molar-refractivity contribution in [3.63, 3.8) is 0 Å². The molecule has 2 heterocycles. The van der Waals surface area contributed by atoms with Crippen molar-refractivity contribution in [2.75, 3.05) is 10.6 Å². The number of hydrogen-bond acceptors (Lipinski definition) is 4. The normalized spacial score (nSPS) is 12.4. The smallest absolute Gasteiger partial charge is 0.255 e. The molecule has 5 rings (SSSR count). The molecule has 31 heavy (non-hydrogen) atoms. The first-order valence-corrected chi connectivity index (χ1v) is 10.8. The van der Waals surface area contributed by atoms with Crippen LogP contribution in [0.1, 0.15) is 20.8 Å². The van der Waals surface area contributed by atoms with Crippen LogP contribution in [0.15, 0.2) is 72.8 Å². The molecule has 1 aliphatic rings. The van der Waals surface area contributed by atoms with Gasteiger partial charge < -0.3 is 10.6 Å². The third-order valence-corrected chi connectivity index (χ3v) is 6.25. The predicted octanol–water partition coefficient (Wildman–Crippen LogP) is 5.53. The van der Waals surface area contributed by atoms with Crippen LogP contribution in [0.5, 0.6) is 0 Å². The monoisotopic (exact) mass is 425 g/mol. The highest BCUT2D eigenvalue weighted by atomic mass is 32.1. The Hall–Kier alpha value is -3.77. The molecule has 5 nitrogen and oxygen atoms in total. The molecule has 4 aromatic rings. The molecule has 2 N–H and O–H groups in total. The van der Waals surface area contributed by atoms with E-state index < -0.39 is 0 Å². The number of thiazole rings is 1. The zero-order valence-electron chi connectivity index (χ0n) is 16.8. The minimum Gasteiger partial charge on any atom is -0.326 e. The summed E-state index contributed by atoms with van der Waals surface area (Å²) in [5, 5.41) is 6.69. The summed E-state index contributed by atoms with van der Waals surface area (Å²) in [5.74, 6) is -0.248. The second kappa shape index (κ2) is 7.81. The highest BCUT2D eigenvalue weighted by Gasteiger charge is 2.19. The number of anilines is 2. The molecule has 0 spiro atoms. The lowest BCUT2D eigenvalue weighted by Crippen LogP contribution is -2.12. The number of carbonyl (C=O) groups excluding carboxylic acids is 2. The van der Waals surface area contributed by atoms with Gasteiger partial charge in [-0.3, -0.25) is 9.59 Å². The van der Waals surface area contributed by atoms with Crippen molar-refractivity contribution in [1.82, 2.24) is 4.98 Å². The van der Waals surface area contributed by atoms with Crippen LogP contribution in [-0.4, -0.2) is 16.8 Å². The van der Waals surface area contributed by atoms with E-state index in [2.05, 4.69) is 29.7 Å². The Morgan fingerprint density at radius 1 is 1.00 bits per heavy atom. The van der Waals surface area contributed by atoms with Crippen LogP contribution in [0.4, 0.5) is 11.4 Å². The minimum absolute atomic E-state index is 0.0455. The predicted molar refractivity (Wildman–Crippen MR) is 124 cm³/mol. The maximum Gasteiger partial charge on any atom is 0.255 e. The minimum atomic E-state index is -0.203. The van der Waals surface area contributed by atoms with E-state index in [0.29, 0.717) is 17.7 Å². The number of carbonyl (C=O) groups is 2. The molecule has 0 aliphatic carbocycles. The summed E-state index contributed by atoms with van der Waals surface area (Å²) in [4.78, 5) is 30.1. The van der Waals surface area contributed by atoms with Crippen LogP contribution in [0.2, 0.25) is 0 Å². The topological polar surface area (TPSA) is 71.1 Å². The van der Waals surface area contributed by atoms with E-state index in [4.69, 9.17) is 4.98 Å². The van der Waals surface area contributed by atoms with E-state index in [-0.39, 0.29) is 11.8 Å². The summed E-state index contributed by atoms with van der Waals surface area (Å²) < 4.78 is 0. The average molecular weight is 426 g/mol. The summed E-state index contributed by atoms with van der Waals surface area (Å²) >= 11 is 1.67. The van der Waals surface area contributed by atoms with Crippen LogP contribution in [-0.2, 0) is 11.2 Å². The number of fused-ring (bicyclic) bond motifs is 1. The molecule has 0 radical (unpaired) electrons. The molecule has 3 aromatic carbocycles. The summed E-state index contributed by atoms with van der Waals surface area (Å²) in [6, 6.07) is 23.1. The van der Waals surface area contributed by atoms with Gasteiger partial charge in [0.2, 0.25) is 5.91 Å². The van der Waals surface area contributed by atoms with Crippen LogP contribution < -0.4 is 10.6 Å². The summed E-state index contributed by atoms with van der Waals surface area (Å²) in [6.07, 6.45) is 0.309. The first kappa shape index (κ1) is 19.2. The molecule has 0 bridgehead atoms. The van der Waals surface area contributed by atoms with Crippen molar-refractivity contribution in [2.24, 2.45) is 0 Å². The Morgan fingerprint density at radius 2 is 1.77 bits per heavy atom. The molecule has 0 unspecified atom stereocenters. The number of nitrogens with zero attached hydrogens (tertiary/aromatic N) is 1.